The van der Waals surface area contributed by atoms with Gasteiger partial charge in [0.2, 0.25) is 0 Å². The number of hydrogen-bond acceptors (Lipinski definition) is 5. The van der Waals surface area contributed by atoms with E-state index in [2.05, 4.69) is 15.3 Å². The maximum absolute atomic E-state index is 9.78. The summed E-state index contributed by atoms with van der Waals surface area (Å²) >= 11 is 0. The monoisotopic (exact) mass is 233 g/mol. The van der Waals surface area contributed by atoms with Gasteiger partial charge in [-0.3, -0.25) is 0 Å². The highest BCUT2D eigenvalue weighted by molar-refractivity contribution is 5.42. The molecule has 1 atom stereocenters. The zero-order valence-corrected chi connectivity index (χ0v) is 9.32. The minimum atomic E-state index is -0.507. The summed E-state index contributed by atoms with van der Waals surface area (Å²) in [5.41, 5.74) is 5.55. The third-order valence-electron chi connectivity index (χ3n) is 2.27. The lowest BCUT2D eigenvalue weighted by atomic mass is 10.3. The van der Waals surface area contributed by atoms with Crippen molar-refractivity contribution in [2.24, 2.45) is 0 Å². The van der Waals surface area contributed by atoms with Gasteiger partial charge in [-0.05, 0) is 12.1 Å². The van der Waals surface area contributed by atoms with Crippen LogP contribution in [0.15, 0.2) is 36.9 Å². The lowest BCUT2D eigenvalue weighted by Gasteiger charge is -2.12. The summed E-state index contributed by atoms with van der Waals surface area (Å²) in [6, 6.07) is 5.33. The van der Waals surface area contributed by atoms with Crippen molar-refractivity contribution in [1.29, 1.82) is 0 Å². The van der Waals surface area contributed by atoms with E-state index in [9.17, 15) is 5.11 Å². The van der Waals surface area contributed by atoms with Gasteiger partial charge in [0.15, 0.2) is 0 Å². The van der Waals surface area contributed by atoms with Crippen molar-refractivity contribution in [3.8, 4) is 0 Å². The Bertz CT molecular complexity index is 457. The van der Waals surface area contributed by atoms with E-state index >= 15 is 0 Å². The van der Waals surface area contributed by atoms with Crippen LogP contribution >= 0.6 is 0 Å². The Morgan fingerprint density at radius 3 is 3.06 bits per heavy atom. The van der Waals surface area contributed by atoms with Crippen LogP contribution in [-0.2, 0) is 6.54 Å². The van der Waals surface area contributed by atoms with E-state index in [1.807, 2.05) is 16.8 Å². The molecule has 2 heterocycles. The van der Waals surface area contributed by atoms with Crippen LogP contribution in [0.5, 0.6) is 0 Å². The number of aliphatic hydroxyl groups excluding tert-OH is 1. The van der Waals surface area contributed by atoms with Crippen LogP contribution in [0.25, 0.3) is 0 Å². The first-order valence-electron chi connectivity index (χ1n) is 5.34. The molecule has 90 valence electrons. The SMILES string of the molecule is Nc1cccc(NCC(O)Cn2ccnc2)n1. The summed E-state index contributed by atoms with van der Waals surface area (Å²) in [7, 11) is 0. The van der Waals surface area contributed by atoms with Crippen LogP contribution in [0.1, 0.15) is 0 Å². The van der Waals surface area contributed by atoms with Crippen LogP contribution < -0.4 is 11.1 Å². The summed E-state index contributed by atoms with van der Waals surface area (Å²) in [6.07, 6.45) is 4.65. The summed E-state index contributed by atoms with van der Waals surface area (Å²) in [5, 5.41) is 12.8. The predicted octanol–water partition coefficient (Wildman–Crippen LogP) is 0.333. The van der Waals surface area contributed by atoms with Gasteiger partial charge in [-0.2, -0.15) is 0 Å². The number of anilines is 2. The molecule has 0 saturated carbocycles. The number of rotatable bonds is 5. The summed E-state index contributed by atoms with van der Waals surface area (Å²) < 4.78 is 1.82. The van der Waals surface area contributed by atoms with Crippen LogP contribution in [0.4, 0.5) is 11.6 Å². The van der Waals surface area contributed by atoms with Crippen molar-refractivity contribution >= 4 is 11.6 Å². The molecule has 2 aromatic heterocycles. The van der Waals surface area contributed by atoms with Crippen molar-refractivity contribution in [2.75, 3.05) is 17.6 Å². The topological polar surface area (TPSA) is 89.0 Å². The number of nitrogen functional groups attached to an aromatic ring is 1. The number of aromatic nitrogens is 3. The quantitative estimate of drug-likeness (QED) is 0.692. The van der Waals surface area contributed by atoms with Crippen LogP contribution in [0.3, 0.4) is 0 Å². The van der Waals surface area contributed by atoms with Crippen molar-refractivity contribution in [2.45, 2.75) is 12.6 Å². The molecule has 17 heavy (non-hydrogen) atoms. The molecule has 0 saturated heterocycles. The molecule has 6 nitrogen and oxygen atoms in total. The van der Waals surface area contributed by atoms with Gasteiger partial charge in [0.25, 0.3) is 0 Å². The Hall–Kier alpha value is -2.08. The molecule has 2 rings (SSSR count). The summed E-state index contributed by atoms with van der Waals surface area (Å²) in [6.45, 7) is 0.907. The first-order chi connectivity index (χ1) is 8.24. The molecular weight excluding hydrogens is 218 g/mol. The molecule has 4 N–H and O–H groups in total. The molecule has 1 unspecified atom stereocenters. The van der Waals surface area contributed by atoms with E-state index in [0.29, 0.717) is 24.7 Å². The smallest absolute Gasteiger partial charge is 0.128 e. The largest absolute Gasteiger partial charge is 0.389 e. The molecule has 2 aromatic rings. The molecule has 0 aromatic carbocycles. The summed E-state index contributed by atoms with van der Waals surface area (Å²) in [4.78, 5) is 7.99. The lowest BCUT2D eigenvalue weighted by Crippen LogP contribution is -2.24. The van der Waals surface area contributed by atoms with Crippen molar-refractivity contribution < 1.29 is 5.11 Å². The minimum Gasteiger partial charge on any atom is -0.389 e. The third kappa shape index (κ3) is 3.46. The van der Waals surface area contributed by atoms with E-state index in [-0.39, 0.29) is 0 Å². The fraction of sp³-hybridized carbons (Fsp3) is 0.273. The van der Waals surface area contributed by atoms with E-state index in [1.165, 1.54) is 0 Å². The average molecular weight is 233 g/mol. The highest BCUT2D eigenvalue weighted by Gasteiger charge is 2.05. The minimum absolute atomic E-state index is 0.411. The van der Waals surface area contributed by atoms with Crippen molar-refractivity contribution in [1.82, 2.24) is 14.5 Å². The van der Waals surface area contributed by atoms with Gasteiger partial charge in [0, 0.05) is 18.9 Å². The molecule has 0 aliphatic rings. The molecule has 0 amide bonds. The average Bonchev–Trinajstić information content (AvgIpc) is 2.79. The number of pyridine rings is 1. The molecule has 0 aliphatic carbocycles. The molecule has 0 bridgehead atoms. The number of nitrogens with zero attached hydrogens (tertiary/aromatic N) is 3. The van der Waals surface area contributed by atoms with Crippen molar-refractivity contribution in [3.63, 3.8) is 0 Å². The third-order valence-corrected chi connectivity index (χ3v) is 2.27. The summed E-state index contributed by atoms with van der Waals surface area (Å²) in [5.74, 6) is 1.12. The highest BCUT2D eigenvalue weighted by Crippen LogP contribution is 2.05. The molecule has 0 fully saturated rings. The Labute approximate surface area is 99.1 Å². The second-order valence-electron chi connectivity index (χ2n) is 3.74. The predicted molar refractivity (Wildman–Crippen MR) is 65.4 cm³/mol. The van der Waals surface area contributed by atoms with E-state index in [1.54, 1.807) is 24.7 Å². The van der Waals surface area contributed by atoms with Gasteiger partial charge < -0.3 is 20.7 Å². The zero-order chi connectivity index (χ0) is 12.1. The van der Waals surface area contributed by atoms with Crippen LogP contribution in [0, 0.1) is 0 Å². The second-order valence-corrected chi connectivity index (χ2v) is 3.74. The lowest BCUT2D eigenvalue weighted by molar-refractivity contribution is 0.166. The number of nitrogens with two attached hydrogens (primary N) is 1. The van der Waals surface area contributed by atoms with Gasteiger partial charge in [0.05, 0.1) is 19.0 Å². The van der Waals surface area contributed by atoms with E-state index in [4.69, 9.17) is 5.73 Å². The molecule has 6 heteroatoms. The molecule has 0 radical (unpaired) electrons. The normalized spacial score (nSPS) is 12.3. The number of hydrogen-bond donors (Lipinski definition) is 3. The molecular formula is C11H15N5O. The molecule has 0 spiro atoms. The fourth-order valence-corrected chi connectivity index (χ4v) is 1.47. The van der Waals surface area contributed by atoms with Crippen LogP contribution in [0.2, 0.25) is 0 Å². The van der Waals surface area contributed by atoms with E-state index in [0.717, 1.165) is 0 Å². The first kappa shape index (κ1) is 11.4. The van der Waals surface area contributed by atoms with Gasteiger partial charge in [-0.25, -0.2) is 9.97 Å². The first-order valence-corrected chi connectivity index (χ1v) is 5.34. The highest BCUT2D eigenvalue weighted by atomic mass is 16.3. The maximum atomic E-state index is 9.78. The molecule has 0 aliphatic heterocycles. The van der Waals surface area contributed by atoms with Crippen molar-refractivity contribution in [3.05, 3.63) is 36.9 Å². The van der Waals surface area contributed by atoms with Gasteiger partial charge in [-0.1, -0.05) is 6.07 Å². The Kier molecular flexibility index (Phi) is 3.56. The number of nitrogens with one attached hydrogen (secondary N) is 1. The Morgan fingerprint density at radius 1 is 1.47 bits per heavy atom. The van der Waals surface area contributed by atoms with Gasteiger partial charge >= 0.3 is 0 Å². The Morgan fingerprint density at radius 2 is 2.35 bits per heavy atom. The van der Waals surface area contributed by atoms with Gasteiger partial charge in [-0.15, -0.1) is 0 Å². The fourth-order valence-electron chi connectivity index (χ4n) is 1.47. The Balaban J connectivity index is 1.82. The second kappa shape index (κ2) is 5.31. The zero-order valence-electron chi connectivity index (χ0n) is 9.32. The van der Waals surface area contributed by atoms with Crippen LogP contribution in [-0.4, -0.2) is 32.3 Å². The number of aliphatic hydroxyl groups is 1. The van der Waals surface area contributed by atoms with Gasteiger partial charge in [0.1, 0.15) is 11.6 Å². The maximum Gasteiger partial charge on any atom is 0.128 e. The van der Waals surface area contributed by atoms with E-state index < -0.39 is 6.10 Å². The standard InChI is InChI=1S/C11H15N5O/c12-10-2-1-3-11(15-10)14-6-9(17)7-16-5-4-13-8-16/h1-5,8-9,17H,6-7H2,(H3,12,14,15). The number of imidazole rings is 1.